The van der Waals surface area contributed by atoms with Crippen LogP contribution in [-0.2, 0) is 11.3 Å². The number of carbonyl (C=O) groups is 1. The number of imidazole rings is 1. The van der Waals surface area contributed by atoms with Crippen molar-refractivity contribution in [2.45, 2.75) is 110 Å². The van der Waals surface area contributed by atoms with Gasteiger partial charge in [0.15, 0.2) is 0 Å². The predicted octanol–water partition coefficient (Wildman–Crippen LogP) is 7.17. The van der Waals surface area contributed by atoms with Crippen LogP contribution in [0.4, 0.5) is 0 Å². The molecule has 0 radical (unpaired) electrons. The number of aromatic nitrogens is 3. The number of aryl methyl sites for hydroxylation is 1. The van der Waals surface area contributed by atoms with Crippen LogP contribution in [0.25, 0.3) is 11.0 Å². The zero-order chi connectivity index (χ0) is 23.9. The number of hydrogen-bond acceptors (Lipinski definition) is 3. The highest BCUT2D eigenvalue weighted by molar-refractivity contribution is 5.77. The van der Waals surface area contributed by atoms with Crippen LogP contribution in [0.3, 0.4) is 0 Å². The molecule has 0 aliphatic heterocycles. The number of amides is 1. The van der Waals surface area contributed by atoms with Gasteiger partial charge in [0.2, 0.25) is 5.91 Å². The third-order valence-corrected chi connectivity index (χ3v) is 7.09. The van der Waals surface area contributed by atoms with E-state index in [9.17, 15) is 4.79 Å². The van der Waals surface area contributed by atoms with E-state index in [0.717, 1.165) is 36.3 Å². The summed E-state index contributed by atoms with van der Waals surface area (Å²) in [6.07, 6.45) is 22.5. The van der Waals surface area contributed by atoms with E-state index in [1.165, 1.54) is 64.2 Å². The van der Waals surface area contributed by atoms with Gasteiger partial charge in [-0.1, -0.05) is 71.1 Å². The summed E-state index contributed by atoms with van der Waals surface area (Å²) in [6.45, 7) is 11.9. The average molecular weight is 455 g/mol. The molecule has 0 bridgehead atoms. The highest BCUT2D eigenvalue weighted by Gasteiger charge is 2.23. The summed E-state index contributed by atoms with van der Waals surface area (Å²) < 4.78 is 2.02. The summed E-state index contributed by atoms with van der Waals surface area (Å²) >= 11 is 0. The molecule has 1 amide bonds. The van der Waals surface area contributed by atoms with Crippen molar-refractivity contribution in [3.8, 4) is 0 Å². The van der Waals surface area contributed by atoms with Crippen LogP contribution in [-0.4, -0.2) is 37.9 Å². The molecule has 5 nitrogen and oxygen atoms in total. The second-order valence-electron chi connectivity index (χ2n) is 9.32. The summed E-state index contributed by atoms with van der Waals surface area (Å²) in [7, 11) is 0. The third-order valence-electron chi connectivity index (χ3n) is 7.09. The molecule has 2 aromatic rings. The largest absolute Gasteiger partial charge is 0.340 e. The Morgan fingerprint density at radius 3 is 2.36 bits per heavy atom. The van der Waals surface area contributed by atoms with Gasteiger partial charge in [-0.25, -0.2) is 4.98 Å². The van der Waals surface area contributed by atoms with Crippen molar-refractivity contribution in [1.29, 1.82) is 0 Å². The maximum Gasteiger partial charge on any atom is 0.224 e. The molecule has 0 aromatic carbocycles. The van der Waals surface area contributed by atoms with E-state index in [2.05, 4.69) is 41.9 Å². The lowest BCUT2D eigenvalue weighted by Gasteiger charge is -2.33. The Bertz CT molecular complexity index is 787. The minimum absolute atomic E-state index is 0.264. The first-order chi connectivity index (χ1) is 16.2. The van der Waals surface area contributed by atoms with Crippen LogP contribution in [0.15, 0.2) is 37.9 Å². The summed E-state index contributed by atoms with van der Waals surface area (Å²) in [5.41, 5.74) is 1.93. The molecular formula is C28H46N4O. The van der Waals surface area contributed by atoms with Gasteiger partial charge in [-0.2, -0.15) is 0 Å². The Kier molecular flexibility index (Phi) is 12.8. The van der Waals surface area contributed by atoms with Crippen molar-refractivity contribution >= 4 is 16.9 Å². The van der Waals surface area contributed by atoms with Gasteiger partial charge in [0.05, 0.1) is 23.6 Å². The fraction of sp³-hybridized carbons (Fsp3) is 0.679. The number of carbonyl (C=O) groups excluding carboxylic acids is 1. The van der Waals surface area contributed by atoms with Crippen LogP contribution in [0.2, 0.25) is 0 Å². The Hall–Kier alpha value is -2.17. The van der Waals surface area contributed by atoms with E-state index in [1.807, 2.05) is 16.8 Å². The number of pyridine rings is 1. The number of rotatable bonds is 7. The molecular weight excluding hydrogens is 408 g/mol. The lowest BCUT2D eigenvalue weighted by molar-refractivity contribution is -0.134. The monoisotopic (exact) mass is 454 g/mol. The van der Waals surface area contributed by atoms with Crippen LogP contribution < -0.4 is 0 Å². The molecule has 2 aliphatic carbocycles. The van der Waals surface area contributed by atoms with Gasteiger partial charge < -0.3 is 9.47 Å². The van der Waals surface area contributed by atoms with Crippen molar-refractivity contribution in [1.82, 2.24) is 19.4 Å². The molecule has 5 heteroatoms. The Balaban J connectivity index is 0.000000293. The van der Waals surface area contributed by atoms with Crippen molar-refractivity contribution in [2.75, 3.05) is 6.54 Å². The van der Waals surface area contributed by atoms with E-state index in [-0.39, 0.29) is 5.91 Å². The van der Waals surface area contributed by atoms with Gasteiger partial charge in [0.1, 0.15) is 0 Å². The van der Waals surface area contributed by atoms with E-state index in [0.29, 0.717) is 19.0 Å². The first kappa shape index (κ1) is 27.1. The summed E-state index contributed by atoms with van der Waals surface area (Å²) in [5, 5.41) is 0. The molecule has 2 aliphatic rings. The van der Waals surface area contributed by atoms with Gasteiger partial charge >= 0.3 is 0 Å². The zero-order valence-electron chi connectivity index (χ0n) is 21.2. The molecule has 184 valence electrons. The topological polar surface area (TPSA) is 51.0 Å². The molecule has 0 spiro atoms. The lowest BCUT2D eigenvalue weighted by Crippen LogP contribution is -2.41. The van der Waals surface area contributed by atoms with E-state index in [4.69, 9.17) is 0 Å². The highest BCUT2D eigenvalue weighted by atomic mass is 16.2. The molecule has 0 saturated heterocycles. The quantitative estimate of drug-likeness (QED) is 0.417. The minimum Gasteiger partial charge on any atom is -0.340 e. The van der Waals surface area contributed by atoms with Gasteiger partial charge in [-0.05, 0) is 31.7 Å². The average Bonchev–Trinajstić information content (AvgIpc) is 3.29. The van der Waals surface area contributed by atoms with Crippen LogP contribution in [0.5, 0.6) is 0 Å². The van der Waals surface area contributed by atoms with Crippen molar-refractivity contribution < 1.29 is 4.79 Å². The second kappa shape index (κ2) is 15.6. The van der Waals surface area contributed by atoms with Crippen LogP contribution in [0, 0.1) is 5.92 Å². The van der Waals surface area contributed by atoms with Gasteiger partial charge in [0.25, 0.3) is 0 Å². The first-order valence-electron chi connectivity index (χ1n) is 13.3. The van der Waals surface area contributed by atoms with E-state index < -0.39 is 0 Å². The molecule has 0 N–H and O–H groups in total. The van der Waals surface area contributed by atoms with Gasteiger partial charge in [-0.15, -0.1) is 13.2 Å². The maximum absolute atomic E-state index is 12.6. The second-order valence-corrected chi connectivity index (χ2v) is 9.32. The third kappa shape index (κ3) is 8.60. The fourth-order valence-electron chi connectivity index (χ4n) is 5.36. The van der Waals surface area contributed by atoms with Crippen molar-refractivity contribution in [3.05, 3.63) is 37.9 Å². The fourth-order valence-corrected chi connectivity index (χ4v) is 5.36. The van der Waals surface area contributed by atoms with Crippen molar-refractivity contribution in [2.24, 2.45) is 5.92 Å². The number of nitrogens with zero attached hydrogens (tertiary/aromatic N) is 4. The van der Waals surface area contributed by atoms with Gasteiger partial charge in [0, 0.05) is 31.7 Å². The SMILES string of the molecule is C=C.CCCC1CCCCC1.CCN(C(=O)CCn1cnc2ccncc21)C1CCCCC1. The standard InChI is InChI=1S/C17H24N4O.C9H18.C2H4/c1-2-21(14-6-4-3-5-7-14)17(22)9-11-20-13-19-15-8-10-18-12-16(15)20;1-2-6-9-7-4-3-5-8-9;1-2/h8,10,12-14H,2-7,9,11H2,1H3;9H,2-8H2,1H3;1-2H2. The maximum atomic E-state index is 12.6. The summed E-state index contributed by atoms with van der Waals surface area (Å²) in [5.74, 6) is 1.36. The first-order valence-corrected chi connectivity index (χ1v) is 13.3. The molecule has 0 atom stereocenters. The lowest BCUT2D eigenvalue weighted by atomic mass is 9.86. The molecule has 2 saturated carbocycles. The number of fused-ring (bicyclic) bond motifs is 1. The van der Waals surface area contributed by atoms with Gasteiger partial charge in [-0.3, -0.25) is 9.78 Å². The molecule has 4 rings (SSSR count). The van der Waals surface area contributed by atoms with Crippen LogP contribution in [0.1, 0.15) is 97.3 Å². The predicted molar refractivity (Wildman–Crippen MR) is 139 cm³/mol. The van der Waals surface area contributed by atoms with E-state index in [1.54, 1.807) is 12.5 Å². The molecule has 0 unspecified atom stereocenters. The van der Waals surface area contributed by atoms with E-state index >= 15 is 0 Å². The normalized spacial score (nSPS) is 16.9. The summed E-state index contributed by atoms with van der Waals surface area (Å²) in [6, 6.07) is 2.35. The molecule has 2 heterocycles. The Morgan fingerprint density at radius 1 is 1.06 bits per heavy atom. The van der Waals surface area contributed by atoms with Crippen LogP contribution >= 0.6 is 0 Å². The molecule has 33 heavy (non-hydrogen) atoms. The molecule has 2 aromatic heterocycles. The smallest absolute Gasteiger partial charge is 0.224 e. The number of hydrogen-bond donors (Lipinski definition) is 0. The zero-order valence-corrected chi connectivity index (χ0v) is 21.2. The Morgan fingerprint density at radius 2 is 1.73 bits per heavy atom. The highest BCUT2D eigenvalue weighted by Crippen LogP contribution is 2.27. The minimum atomic E-state index is 0.264. The molecule has 2 fully saturated rings. The Labute approximate surface area is 201 Å². The van der Waals surface area contributed by atoms with Crippen molar-refractivity contribution in [3.63, 3.8) is 0 Å². The summed E-state index contributed by atoms with van der Waals surface area (Å²) in [4.78, 5) is 23.2.